The average molecular weight is 542 g/mol. The summed E-state index contributed by atoms with van der Waals surface area (Å²) in [6.45, 7) is 0. The lowest BCUT2D eigenvalue weighted by molar-refractivity contribution is -0.117. The molecular formula is C22H19BrClFN2O4S. The summed E-state index contributed by atoms with van der Waals surface area (Å²) in [7, 11) is -2.72. The van der Waals surface area contributed by atoms with Crippen molar-refractivity contribution in [2.24, 2.45) is 0 Å². The van der Waals surface area contributed by atoms with Crippen molar-refractivity contribution in [2.75, 3.05) is 12.4 Å². The zero-order valence-electron chi connectivity index (χ0n) is 16.8. The van der Waals surface area contributed by atoms with E-state index in [-0.39, 0.29) is 22.0 Å². The van der Waals surface area contributed by atoms with Gasteiger partial charge in [0.05, 0.1) is 22.7 Å². The van der Waals surface area contributed by atoms with Gasteiger partial charge in [0.1, 0.15) is 17.6 Å². The summed E-state index contributed by atoms with van der Waals surface area (Å²) in [4.78, 5) is 12.8. The molecule has 1 amide bonds. The van der Waals surface area contributed by atoms with Crippen LogP contribution in [0.4, 0.5) is 10.1 Å². The summed E-state index contributed by atoms with van der Waals surface area (Å²) in [5.41, 5.74) is 0.655. The van der Waals surface area contributed by atoms with Gasteiger partial charge in [0.15, 0.2) is 0 Å². The van der Waals surface area contributed by atoms with Crippen LogP contribution in [0.15, 0.2) is 76.1 Å². The Labute approximate surface area is 198 Å². The summed E-state index contributed by atoms with van der Waals surface area (Å²) in [6.07, 6.45) is 0.0495. The van der Waals surface area contributed by atoms with E-state index in [0.717, 1.165) is 5.56 Å². The number of ether oxygens (including phenoxy) is 1. The Morgan fingerprint density at radius 3 is 2.47 bits per heavy atom. The highest BCUT2D eigenvalue weighted by atomic mass is 79.9. The minimum absolute atomic E-state index is 0.0495. The molecule has 168 valence electrons. The first-order valence-electron chi connectivity index (χ1n) is 9.35. The van der Waals surface area contributed by atoms with E-state index < -0.39 is 27.8 Å². The lowest BCUT2D eigenvalue weighted by atomic mass is 10.1. The van der Waals surface area contributed by atoms with Crippen molar-refractivity contribution in [3.05, 3.63) is 87.6 Å². The molecule has 0 aromatic heterocycles. The van der Waals surface area contributed by atoms with Gasteiger partial charge in [-0.05, 0) is 48.4 Å². The zero-order chi connectivity index (χ0) is 23.3. The summed E-state index contributed by atoms with van der Waals surface area (Å²) in [5, 5.41) is 2.56. The molecule has 0 fully saturated rings. The third kappa shape index (κ3) is 6.07. The predicted molar refractivity (Wildman–Crippen MR) is 125 cm³/mol. The number of amides is 1. The van der Waals surface area contributed by atoms with Gasteiger partial charge in [-0.1, -0.05) is 57.9 Å². The number of benzene rings is 3. The van der Waals surface area contributed by atoms with E-state index in [1.54, 1.807) is 36.4 Å². The monoisotopic (exact) mass is 540 g/mol. The summed E-state index contributed by atoms with van der Waals surface area (Å²) in [5.74, 6) is -1.05. The Balaban J connectivity index is 1.89. The fourth-order valence-corrected chi connectivity index (χ4v) is 4.79. The Morgan fingerprint density at radius 1 is 1.12 bits per heavy atom. The molecule has 0 aliphatic carbocycles. The van der Waals surface area contributed by atoms with Crippen molar-refractivity contribution in [3.8, 4) is 5.75 Å². The summed E-state index contributed by atoms with van der Waals surface area (Å²) in [6, 6.07) is 15.8. The summed E-state index contributed by atoms with van der Waals surface area (Å²) < 4.78 is 48.1. The first kappa shape index (κ1) is 24.2. The smallest absolute Gasteiger partial charge is 0.242 e. The molecule has 3 aromatic carbocycles. The molecule has 0 radical (unpaired) electrons. The number of nitrogens with one attached hydrogen (secondary N) is 2. The molecule has 1 atom stereocenters. The Bertz CT molecular complexity index is 1230. The molecular weight excluding hydrogens is 523 g/mol. The van der Waals surface area contributed by atoms with Gasteiger partial charge in [0, 0.05) is 4.47 Å². The molecule has 3 rings (SSSR count). The van der Waals surface area contributed by atoms with Crippen LogP contribution in [0.5, 0.6) is 5.75 Å². The fourth-order valence-electron chi connectivity index (χ4n) is 2.92. The molecule has 0 saturated heterocycles. The van der Waals surface area contributed by atoms with E-state index in [2.05, 4.69) is 26.0 Å². The first-order chi connectivity index (χ1) is 15.2. The van der Waals surface area contributed by atoms with Crippen molar-refractivity contribution >= 4 is 49.1 Å². The Morgan fingerprint density at radius 2 is 1.84 bits per heavy atom. The molecule has 0 aliphatic heterocycles. The molecule has 6 nitrogen and oxygen atoms in total. The number of anilines is 1. The van der Waals surface area contributed by atoms with Crippen molar-refractivity contribution in [3.63, 3.8) is 0 Å². The van der Waals surface area contributed by atoms with E-state index >= 15 is 0 Å². The molecule has 0 bridgehead atoms. The number of sulfonamides is 1. The highest BCUT2D eigenvalue weighted by Crippen LogP contribution is 2.27. The van der Waals surface area contributed by atoms with Crippen LogP contribution in [0.25, 0.3) is 0 Å². The van der Waals surface area contributed by atoms with E-state index in [1.165, 1.54) is 37.4 Å². The van der Waals surface area contributed by atoms with Crippen LogP contribution in [-0.2, 0) is 21.2 Å². The highest BCUT2D eigenvalue weighted by molar-refractivity contribution is 9.10. The SMILES string of the molecule is COc1ccc(S(=O)(=O)NC(Cc2ccccc2)C(=O)Nc2ccc(Br)cc2F)cc1Cl. The summed E-state index contributed by atoms with van der Waals surface area (Å²) >= 11 is 9.21. The molecule has 0 heterocycles. The van der Waals surface area contributed by atoms with Crippen molar-refractivity contribution in [2.45, 2.75) is 17.4 Å². The molecule has 2 N–H and O–H groups in total. The van der Waals surface area contributed by atoms with Crippen molar-refractivity contribution in [1.82, 2.24) is 4.72 Å². The number of halogens is 3. The molecule has 0 aliphatic rings. The van der Waals surface area contributed by atoms with Gasteiger partial charge in [-0.3, -0.25) is 4.79 Å². The van der Waals surface area contributed by atoms with Crippen LogP contribution in [-0.4, -0.2) is 27.5 Å². The number of rotatable bonds is 8. The number of carbonyl (C=O) groups is 1. The van der Waals surface area contributed by atoms with Gasteiger partial charge in [-0.2, -0.15) is 4.72 Å². The third-order valence-corrected chi connectivity index (χ3v) is 6.78. The molecule has 3 aromatic rings. The largest absolute Gasteiger partial charge is 0.495 e. The van der Waals surface area contributed by atoms with Crippen molar-refractivity contribution in [1.29, 1.82) is 0 Å². The highest BCUT2D eigenvalue weighted by Gasteiger charge is 2.27. The van der Waals surface area contributed by atoms with Crippen LogP contribution in [0.1, 0.15) is 5.56 Å². The van der Waals surface area contributed by atoms with Gasteiger partial charge in [-0.15, -0.1) is 0 Å². The maximum Gasteiger partial charge on any atom is 0.242 e. The van der Waals surface area contributed by atoms with E-state index in [0.29, 0.717) is 10.2 Å². The molecule has 32 heavy (non-hydrogen) atoms. The molecule has 1 unspecified atom stereocenters. The normalized spacial score (nSPS) is 12.2. The Hall–Kier alpha value is -2.46. The second-order valence-corrected chi connectivity index (χ2v) is 9.81. The van der Waals surface area contributed by atoms with Gasteiger partial charge in [0.25, 0.3) is 0 Å². The van der Waals surface area contributed by atoms with Gasteiger partial charge < -0.3 is 10.1 Å². The zero-order valence-corrected chi connectivity index (χ0v) is 20.0. The van der Waals surface area contributed by atoms with Crippen LogP contribution < -0.4 is 14.8 Å². The van der Waals surface area contributed by atoms with E-state index in [4.69, 9.17) is 16.3 Å². The minimum Gasteiger partial charge on any atom is -0.495 e. The first-order valence-corrected chi connectivity index (χ1v) is 12.0. The van der Waals surface area contributed by atoms with Crippen LogP contribution in [0, 0.1) is 5.82 Å². The lowest BCUT2D eigenvalue weighted by Crippen LogP contribution is -2.45. The molecule has 10 heteroatoms. The van der Waals surface area contributed by atoms with Crippen LogP contribution >= 0.6 is 27.5 Å². The maximum absolute atomic E-state index is 14.2. The maximum atomic E-state index is 14.2. The third-order valence-electron chi connectivity index (χ3n) is 4.52. The number of hydrogen-bond acceptors (Lipinski definition) is 4. The quantitative estimate of drug-likeness (QED) is 0.430. The minimum atomic E-state index is -4.13. The lowest BCUT2D eigenvalue weighted by Gasteiger charge is -2.19. The second-order valence-electron chi connectivity index (χ2n) is 6.77. The Kier molecular flexibility index (Phi) is 7.89. The molecule has 0 spiro atoms. The van der Waals surface area contributed by atoms with Crippen LogP contribution in [0.2, 0.25) is 5.02 Å². The van der Waals surface area contributed by atoms with Gasteiger partial charge in [-0.25, -0.2) is 12.8 Å². The number of methoxy groups -OCH3 is 1. The van der Waals surface area contributed by atoms with E-state index in [9.17, 15) is 17.6 Å². The fraction of sp³-hybridized carbons (Fsp3) is 0.136. The van der Waals surface area contributed by atoms with Gasteiger partial charge in [0.2, 0.25) is 15.9 Å². The number of hydrogen-bond donors (Lipinski definition) is 2. The van der Waals surface area contributed by atoms with E-state index in [1.807, 2.05) is 0 Å². The molecule has 0 saturated carbocycles. The predicted octanol–water partition coefficient (Wildman–Crippen LogP) is 4.78. The average Bonchev–Trinajstić information content (AvgIpc) is 2.75. The van der Waals surface area contributed by atoms with Gasteiger partial charge >= 0.3 is 0 Å². The van der Waals surface area contributed by atoms with Crippen molar-refractivity contribution < 1.29 is 22.3 Å². The number of carbonyl (C=O) groups excluding carboxylic acids is 1. The van der Waals surface area contributed by atoms with Crippen LogP contribution in [0.3, 0.4) is 0 Å². The second kappa shape index (κ2) is 10.4. The standard InChI is InChI=1S/C22H19BrClFN2O4S/c1-31-21-10-8-16(13-17(21)24)32(29,30)27-20(11-14-5-3-2-4-6-14)22(28)26-19-9-7-15(23)12-18(19)25/h2-10,12-13,20,27H,11H2,1H3,(H,26,28). The topological polar surface area (TPSA) is 84.5 Å².